The van der Waals surface area contributed by atoms with E-state index in [1.807, 2.05) is 30.3 Å². The van der Waals surface area contributed by atoms with Gasteiger partial charge < -0.3 is 5.32 Å². The normalized spacial score (nSPS) is 13.3. The number of benzene rings is 2. The maximum absolute atomic E-state index is 12.7. The van der Waals surface area contributed by atoms with E-state index in [0.717, 1.165) is 10.0 Å². The van der Waals surface area contributed by atoms with Crippen LogP contribution in [-0.2, 0) is 16.1 Å². The summed E-state index contributed by atoms with van der Waals surface area (Å²) in [5.41, 5.74) is 2.05. The quantitative estimate of drug-likeness (QED) is 0.710. The number of halogens is 1. The molecule has 2 heterocycles. The van der Waals surface area contributed by atoms with Crippen molar-refractivity contribution in [3.8, 4) is 11.4 Å². The lowest BCUT2D eigenvalue weighted by Crippen LogP contribution is -2.43. The molecule has 9 heteroatoms. The van der Waals surface area contributed by atoms with Crippen LogP contribution in [0.3, 0.4) is 0 Å². The standard InChI is InChI=1S/C17H13BrN6O2/c18-12-6-2-1-5-11(12)17-20-22-24(21-17)10-16(26)23-9-15(25)19-13-7-3-4-8-14(13)23/h1-8H,9-10H2,(H,19,25). The van der Waals surface area contributed by atoms with E-state index >= 15 is 0 Å². The molecule has 0 atom stereocenters. The Bertz CT molecular complexity index is 1000. The number of tetrazole rings is 1. The maximum Gasteiger partial charge on any atom is 0.251 e. The lowest BCUT2D eigenvalue weighted by Gasteiger charge is -2.28. The molecule has 0 bridgehead atoms. The van der Waals surface area contributed by atoms with Gasteiger partial charge in [-0.25, -0.2) is 0 Å². The number of nitrogens with one attached hydrogen (secondary N) is 1. The highest BCUT2D eigenvalue weighted by Crippen LogP contribution is 2.29. The zero-order valence-electron chi connectivity index (χ0n) is 13.5. The lowest BCUT2D eigenvalue weighted by molar-refractivity contribution is -0.122. The average Bonchev–Trinajstić information content (AvgIpc) is 3.09. The fourth-order valence-corrected chi connectivity index (χ4v) is 3.18. The molecule has 2 amide bonds. The van der Waals surface area contributed by atoms with Crippen molar-refractivity contribution in [2.45, 2.75) is 6.54 Å². The maximum atomic E-state index is 12.7. The van der Waals surface area contributed by atoms with E-state index in [2.05, 4.69) is 36.7 Å². The summed E-state index contributed by atoms with van der Waals surface area (Å²) in [6, 6.07) is 14.7. The monoisotopic (exact) mass is 412 g/mol. The van der Waals surface area contributed by atoms with Gasteiger partial charge in [0.05, 0.1) is 11.4 Å². The summed E-state index contributed by atoms with van der Waals surface area (Å²) in [4.78, 5) is 27.2. The smallest absolute Gasteiger partial charge is 0.251 e. The third kappa shape index (κ3) is 3.08. The second-order valence-electron chi connectivity index (χ2n) is 5.67. The molecule has 1 aliphatic rings. The Morgan fingerprint density at radius 3 is 2.77 bits per heavy atom. The molecule has 0 radical (unpaired) electrons. The molecule has 0 unspecified atom stereocenters. The van der Waals surface area contributed by atoms with Crippen molar-refractivity contribution in [2.24, 2.45) is 0 Å². The van der Waals surface area contributed by atoms with Crippen molar-refractivity contribution < 1.29 is 9.59 Å². The molecule has 130 valence electrons. The van der Waals surface area contributed by atoms with Gasteiger partial charge in [0.2, 0.25) is 11.7 Å². The molecule has 0 saturated carbocycles. The number of aromatic nitrogens is 4. The molecule has 3 aromatic rings. The van der Waals surface area contributed by atoms with Gasteiger partial charge in [0, 0.05) is 10.0 Å². The Labute approximate surface area is 156 Å². The fraction of sp³-hybridized carbons (Fsp3) is 0.118. The summed E-state index contributed by atoms with van der Waals surface area (Å²) in [5, 5.41) is 15.0. The first-order valence-corrected chi connectivity index (χ1v) is 8.63. The van der Waals surface area contributed by atoms with Crippen molar-refractivity contribution in [3.63, 3.8) is 0 Å². The minimum Gasteiger partial charge on any atom is -0.323 e. The molecule has 0 spiro atoms. The zero-order chi connectivity index (χ0) is 18.1. The molecule has 2 aromatic carbocycles. The highest BCUT2D eigenvalue weighted by atomic mass is 79.9. The van der Waals surface area contributed by atoms with Crippen molar-refractivity contribution >= 4 is 39.1 Å². The number of amides is 2. The topological polar surface area (TPSA) is 93.0 Å². The first-order chi connectivity index (χ1) is 12.6. The highest BCUT2D eigenvalue weighted by Gasteiger charge is 2.27. The first kappa shape index (κ1) is 16.4. The van der Waals surface area contributed by atoms with E-state index in [0.29, 0.717) is 17.2 Å². The molecule has 0 fully saturated rings. The van der Waals surface area contributed by atoms with Gasteiger partial charge in [0.25, 0.3) is 5.91 Å². The molecular weight excluding hydrogens is 400 g/mol. The number of carbonyl (C=O) groups excluding carboxylic acids is 2. The van der Waals surface area contributed by atoms with E-state index in [9.17, 15) is 9.59 Å². The second-order valence-corrected chi connectivity index (χ2v) is 6.52. The minimum absolute atomic E-state index is 0.0400. The molecule has 4 rings (SSSR count). The third-order valence-corrected chi connectivity index (χ3v) is 4.61. The second kappa shape index (κ2) is 6.68. The number of nitrogens with zero attached hydrogens (tertiary/aromatic N) is 5. The Balaban J connectivity index is 1.56. The molecule has 1 aromatic heterocycles. The number of fused-ring (bicyclic) bond motifs is 1. The molecule has 0 aliphatic carbocycles. The van der Waals surface area contributed by atoms with Crippen molar-refractivity contribution in [3.05, 3.63) is 53.0 Å². The fourth-order valence-electron chi connectivity index (χ4n) is 2.72. The largest absolute Gasteiger partial charge is 0.323 e. The van der Waals surface area contributed by atoms with Crippen LogP contribution >= 0.6 is 15.9 Å². The molecule has 1 N–H and O–H groups in total. The summed E-state index contributed by atoms with van der Waals surface area (Å²) < 4.78 is 0.840. The summed E-state index contributed by atoms with van der Waals surface area (Å²) in [6.45, 7) is -0.152. The Morgan fingerprint density at radius 2 is 1.92 bits per heavy atom. The average molecular weight is 413 g/mol. The van der Waals surface area contributed by atoms with Gasteiger partial charge in [-0.15, -0.1) is 10.2 Å². The van der Waals surface area contributed by atoms with Crippen LogP contribution in [0.4, 0.5) is 11.4 Å². The van der Waals surface area contributed by atoms with Crippen LogP contribution in [0.25, 0.3) is 11.4 Å². The van der Waals surface area contributed by atoms with Gasteiger partial charge in [-0.05, 0) is 29.5 Å². The minimum atomic E-state index is -0.289. The summed E-state index contributed by atoms with van der Waals surface area (Å²) >= 11 is 3.44. The Morgan fingerprint density at radius 1 is 1.15 bits per heavy atom. The van der Waals surface area contributed by atoms with E-state index in [1.54, 1.807) is 18.2 Å². The predicted octanol–water partition coefficient (Wildman–Crippen LogP) is 2.09. The highest BCUT2D eigenvalue weighted by molar-refractivity contribution is 9.10. The van der Waals surface area contributed by atoms with Crippen LogP contribution in [-0.4, -0.2) is 38.6 Å². The van der Waals surface area contributed by atoms with Crippen LogP contribution in [0.5, 0.6) is 0 Å². The van der Waals surface area contributed by atoms with Crippen LogP contribution < -0.4 is 10.2 Å². The predicted molar refractivity (Wildman–Crippen MR) is 98.4 cm³/mol. The van der Waals surface area contributed by atoms with E-state index in [1.165, 1.54) is 9.70 Å². The third-order valence-electron chi connectivity index (χ3n) is 3.92. The van der Waals surface area contributed by atoms with E-state index in [4.69, 9.17) is 0 Å². The van der Waals surface area contributed by atoms with E-state index in [-0.39, 0.29) is 24.9 Å². The number of para-hydroxylation sites is 2. The molecule has 8 nitrogen and oxygen atoms in total. The Hall–Kier alpha value is -3.07. The van der Waals surface area contributed by atoms with Gasteiger partial charge in [0.1, 0.15) is 13.1 Å². The summed E-state index contributed by atoms with van der Waals surface area (Å²) in [6.07, 6.45) is 0. The number of hydrogen-bond acceptors (Lipinski definition) is 5. The number of hydrogen-bond donors (Lipinski definition) is 1. The van der Waals surface area contributed by atoms with Gasteiger partial charge in [0.15, 0.2) is 0 Å². The van der Waals surface area contributed by atoms with Crippen molar-refractivity contribution in [1.29, 1.82) is 0 Å². The molecule has 0 saturated heterocycles. The Kier molecular flexibility index (Phi) is 4.21. The van der Waals surface area contributed by atoms with E-state index < -0.39 is 0 Å². The van der Waals surface area contributed by atoms with Crippen LogP contribution in [0.2, 0.25) is 0 Å². The van der Waals surface area contributed by atoms with Gasteiger partial charge in [-0.2, -0.15) is 4.80 Å². The number of anilines is 2. The van der Waals surface area contributed by atoms with Crippen molar-refractivity contribution in [1.82, 2.24) is 20.2 Å². The zero-order valence-corrected chi connectivity index (χ0v) is 15.0. The summed E-state index contributed by atoms with van der Waals surface area (Å²) in [5.74, 6) is -0.108. The first-order valence-electron chi connectivity index (χ1n) is 7.84. The number of rotatable bonds is 3. The van der Waals surface area contributed by atoms with Gasteiger partial charge in [-0.3, -0.25) is 14.5 Å². The van der Waals surface area contributed by atoms with Gasteiger partial charge in [-0.1, -0.05) is 40.2 Å². The SMILES string of the molecule is O=C1CN(C(=O)Cn2nnc(-c3ccccc3Br)n2)c2ccccc2N1. The summed E-state index contributed by atoms with van der Waals surface area (Å²) in [7, 11) is 0. The lowest BCUT2D eigenvalue weighted by atomic mass is 10.2. The van der Waals surface area contributed by atoms with Crippen molar-refractivity contribution in [2.75, 3.05) is 16.8 Å². The molecular formula is C17H13BrN6O2. The van der Waals surface area contributed by atoms with Crippen LogP contribution in [0.1, 0.15) is 0 Å². The molecule has 1 aliphatic heterocycles. The van der Waals surface area contributed by atoms with Crippen LogP contribution in [0.15, 0.2) is 53.0 Å². The molecule has 26 heavy (non-hydrogen) atoms. The van der Waals surface area contributed by atoms with Gasteiger partial charge >= 0.3 is 0 Å². The number of carbonyl (C=O) groups is 2. The van der Waals surface area contributed by atoms with Crippen LogP contribution in [0, 0.1) is 0 Å².